The molecule has 0 radical (unpaired) electrons. The van der Waals surface area contributed by atoms with Gasteiger partial charge in [0.25, 0.3) is 0 Å². The summed E-state index contributed by atoms with van der Waals surface area (Å²) in [5, 5.41) is 9.70. The van der Waals surface area contributed by atoms with E-state index in [0.717, 1.165) is 34.0 Å². The van der Waals surface area contributed by atoms with Crippen LogP contribution in [-0.2, 0) is 5.33 Å². The molecule has 98 valence electrons. The maximum absolute atomic E-state index is 8.93. The second kappa shape index (κ2) is 7.16. The van der Waals surface area contributed by atoms with Gasteiger partial charge in [-0.25, -0.2) is 0 Å². The molecule has 18 heavy (non-hydrogen) atoms. The van der Waals surface area contributed by atoms with E-state index in [1.54, 1.807) is 0 Å². The number of hydrogen-bond donors (Lipinski definition) is 0. The van der Waals surface area contributed by atoms with Gasteiger partial charge in [-0.05, 0) is 48.7 Å². The molecule has 0 fully saturated rings. The minimum absolute atomic E-state index is 0.268. The third-order valence-corrected chi connectivity index (χ3v) is 3.92. The Morgan fingerprint density at radius 3 is 2.72 bits per heavy atom. The maximum Gasteiger partial charge on any atom is 0.137 e. The summed E-state index contributed by atoms with van der Waals surface area (Å²) in [6.45, 7) is 4.54. The van der Waals surface area contributed by atoms with Crippen molar-refractivity contribution in [1.29, 1.82) is 5.26 Å². The molecule has 0 amide bonds. The molecule has 0 aliphatic heterocycles. The van der Waals surface area contributed by atoms with Gasteiger partial charge in [-0.1, -0.05) is 28.1 Å². The highest BCUT2D eigenvalue weighted by molar-refractivity contribution is 9.10. The highest BCUT2D eigenvalue weighted by Crippen LogP contribution is 2.31. The molecule has 0 aliphatic carbocycles. The lowest BCUT2D eigenvalue weighted by Gasteiger charge is -2.16. The van der Waals surface area contributed by atoms with Gasteiger partial charge in [-0.3, -0.25) is 0 Å². The number of alkyl halides is 1. The Hall–Kier alpha value is -0.530. The SMILES string of the molecule is CC(C)(C#N)CCCOc1c(Br)cccc1CBr. The number of rotatable bonds is 6. The van der Waals surface area contributed by atoms with Crippen LogP contribution >= 0.6 is 31.9 Å². The smallest absolute Gasteiger partial charge is 0.137 e. The third-order valence-electron chi connectivity index (χ3n) is 2.69. The van der Waals surface area contributed by atoms with E-state index in [-0.39, 0.29) is 5.41 Å². The first-order valence-electron chi connectivity index (χ1n) is 5.87. The lowest BCUT2D eigenvalue weighted by Crippen LogP contribution is -2.10. The van der Waals surface area contributed by atoms with E-state index < -0.39 is 0 Å². The fourth-order valence-corrected chi connectivity index (χ4v) is 2.53. The number of nitrogens with zero attached hydrogens (tertiary/aromatic N) is 1. The molecule has 0 bridgehead atoms. The summed E-state index contributed by atoms with van der Waals surface area (Å²) < 4.78 is 6.78. The van der Waals surface area contributed by atoms with Crippen molar-refractivity contribution >= 4 is 31.9 Å². The van der Waals surface area contributed by atoms with Crippen LogP contribution in [0.4, 0.5) is 0 Å². The van der Waals surface area contributed by atoms with E-state index >= 15 is 0 Å². The van der Waals surface area contributed by atoms with Gasteiger partial charge in [0.15, 0.2) is 0 Å². The molecule has 1 aromatic rings. The minimum atomic E-state index is -0.268. The molecule has 0 saturated heterocycles. The van der Waals surface area contributed by atoms with Crippen LogP contribution in [0.3, 0.4) is 0 Å². The van der Waals surface area contributed by atoms with Gasteiger partial charge in [0, 0.05) is 10.9 Å². The lowest BCUT2D eigenvalue weighted by atomic mass is 9.90. The van der Waals surface area contributed by atoms with Gasteiger partial charge < -0.3 is 4.74 Å². The van der Waals surface area contributed by atoms with Crippen LogP contribution in [-0.4, -0.2) is 6.61 Å². The maximum atomic E-state index is 8.93. The van der Waals surface area contributed by atoms with Crippen LogP contribution in [0.15, 0.2) is 22.7 Å². The molecule has 0 aliphatic rings. The Kier molecular flexibility index (Phi) is 6.17. The molecular formula is C14H17Br2NO. The van der Waals surface area contributed by atoms with Crippen molar-refractivity contribution < 1.29 is 4.74 Å². The van der Waals surface area contributed by atoms with Crippen molar-refractivity contribution in [2.24, 2.45) is 5.41 Å². The van der Waals surface area contributed by atoms with E-state index in [1.807, 2.05) is 32.0 Å². The molecule has 0 N–H and O–H groups in total. The topological polar surface area (TPSA) is 33.0 Å². The monoisotopic (exact) mass is 373 g/mol. The first-order chi connectivity index (χ1) is 8.50. The predicted molar refractivity (Wildman–Crippen MR) is 80.9 cm³/mol. The number of para-hydroxylation sites is 1. The Balaban J connectivity index is 2.52. The molecule has 0 saturated carbocycles. The molecule has 0 spiro atoms. The Morgan fingerprint density at radius 2 is 2.11 bits per heavy atom. The summed E-state index contributed by atoms with van der Waals surface area (Å²) in [5.41, 5.74) is 0.860. The van der Waals surface area contributed by atoms with Crippen LogP contribution in [0.1, 0.15) is 32.3 Å². The fraction of sp³-hybridized carbons (Fsp3) is 0.500. The van der Waals surface area contributed by atoms with Gasteiger partial charge in [0.05, 0.1) is 22.6 Å². The molecule has 0 heterocycles. The van der Waals surface area contributed by atoms with Crippen LogP contribution in [0, 0.1) is 16.7 Å². The molecular weight excluding hydrogens is 358 g/mol. The van der Waals surface area contributed by atoms with Crippen LogP contribution in [0.5, 0.6) is 5.75 Å². The van der Waals surface area contributed by atoms with Crippen LogP contribution in [0.2, 0.25) is 0 Å². The average Bonchev–Trinajstić information content (AvgIpc) is 2.36. The van der Waals surface area contributed by atoms with Gasteiger partial charge >= 0.3 is 0 Å². The van der Waals surface area contributed by atoms with E-state index in [9.17, 15) is 0 Å². The zero-order valence-corrected chi connectivity index (χ0v) is 13.8. The van der Waals surface area contributed by atoms with Crippen molar-refractivity contribution in [1.82, 2.24) is 0 Å². The quantitative estimate of drug-likeness (QED) is 0.515. The summed E-state index contributed by atoms with van der Waals surface area (Å²) in [4.78, 5) is 0. The number of halogens is 2. The largest absolute Gasteiger partial charge is 0.492 e. The molecule has 2 nitrogen and oxygen atoms in total. The fourth-order valence-electron chi connectivity index (χ4n) is 1.56. The Bertz CT molecular complexity index is 438. The van der Waals surface area contributed by atoms with Crippen molar-refractivity contribution in [3.05, 3.63) is 28.2 Å². The van der Waals surface area contributed by atoms with Crippen molar-refractivity contribution in [3.8, 4) is 11.8 Å². The van der Waals surface area contributed by atoms with Gasteiger partial charge in [0.2, 0.25) is 0 Å². The van der Waals surface area contributed by atoms with Crippen molar-refractivity contribution in [2.45, 2.75) is 32.0 Å². The lowest BCUT2D eigenvalue weighted by molar-refractivity contribution is 0.281. The molecule has 4 heteroatoms. The van der Waals surface area contributed by atoms with Gasteiger partial charge in [-0.2, -0.15) is 5.26 Å². The molecule has 1 aromatic carbocycles. The van der Waals surface area contributed by atoms with Gasteiger partial charge in [0.1, 0.15) is 5.75 Å². The second-order valence-corrected chi connectivity index (χ2v) is 6.22. The summed E-state index contributed by atoms with van der Waals surface area (Å²) in [6, 6.07) is 8.30. The molecule has 0 aromatic heterocycles. The third kappa shape index (κ3) is 4.62. The van der Waals surface area contributed by atoms with E-state index in [2.05, 4.69) is 37.9 Å². The molecule has 0 atom stereocenters. The summed E-state index contributed by atoms with van der Waals surface area (Å²) in [6.07, 6.45) is 1.72. The first kappa shape index (κ1) is 15.5. The molecule has 0 unspecified atom stereocenters. The average molecular weight is 375 g/mol. The number of ether oxygens (including phenoxy) is 1. The summed E-state index contributed by atoms with van der Waals surface area (Å²) in [5.74, 6) is 0.893. The summed E-state index contributed by atoms with van der Waals surface area (Å²) >= 11 is 6.95. The Labute approximate surface area is 126 Å². The highest BCUT2D eigenvalue weighted by Gasteiger charge is 2.16. The van der Waals surface area contributed by atoms with E-state index in [1.165, 1.54) is 0 Å². The zero-order chi connectivity index (χ0) is 13.6. The minimum Gasteiger partial charge on any atom is -0.492 e. The number of hydrogen-bond acceptors (Lipinski definition) is 2. The molecule has 1 rings (SSSR count). The second-order valence-electron chi connectivity index (χ2n) is 4.81. The zero-order valence-electron chi connectivity index (χ0n) is 10.7. The van der Waals surface area contributed by atoms with E-state index in [4.69, 9.17) is 10.00 Å². The Morgan fingerprint density at radius 1 is 1.39 bits per heavy atom. The summed E-state index contributed by atoms with van der Waals surface area (Å²) in [7, 11) is 0. The first-order valence-corrected chi connectivity index (χ1v) is 7.79. The normalized spacial score (nSPS) is 11.1. The van der Waals surface area contributed by atoms with Crippen molar-refractivity contribution in [2.75, 3.05) is 6.61 Å². The van der Waals surface area contributed by atoms with E-state index in [0.29, 0.717) is 6.61 Å². The van der Waals surface area contributed by atoms with Crippen LogP contribution < -0.4 is 4.74 Å². The van der Waals surface area contributed by atoms with Crippen molar-refractivity contribution in [3.63, 3.8) is 0 Å². The number of benzene rings is 1. The standard InChI is InChI=1S/C14H17Br2NO/c1-14(2,10-17)7-4-8-18-13-11(9-15)5-3-6-12(13)16/h3,5-6H,4,7-9H2,1-2H3. The number of nitriles is 1. The van der Waals surface area contributed by atoms with Gasteiger partial charge in [-0.15, -0.1) is 0 Å². The highest BCUT2D eigenvalue weighted by atomic mass is 79.9. The predicted octanol–water partition coefficient (Wildman–Crippen LogP) is 5.05. The van der Waals surface area contributed by atoms with Crippen LogP contribution in [0.25, 0.3) is 0 Å².